The maximum absolute atomic E-state index is 12.4. The maximum atomic E-state index is 12.4. The fourth-order valence-electron chi connectivity index (χ4n) is 2.35. The quantitative estimate of drug-likeness (QED) is 0.781. The molecule has 1 aliphatic rings. The molecule has 0 saturated carbocycles. The van der Waals surface area contributed by atoms with Gasteiger partial charge in [-0.25, -0.2) is 4.98 Å². The molecule has 7 heteroatoms. The summed E-state index contributed by atoms with van der Waals surface area (Å²) in [5.74, 6) is 0.665. The highest BCUT2D eigenvalue weighted by Gasteiger charge is 2.20. The number of anilines is 2. The second-order valence-corrected chi connectivity index (χ2v) is 7.34. The first-order valence-electron chi connectivity index (χ1n) is 7.33. The van der Waals surface area contributed by atoms with E-state index in [-0.39, 0.29) is 5.91 Å². The van der Waals surface area contributed by atoms with Crippen LogP contribution in [-0.2, 0) is 0 Å². The second-order valence-electron chi connectivity index (χ2n) is 5.30. The van der Waals surface area contributed by atoms with Crippen molar-refractivity contribution in [3.05, 3.63) is 35.2 Å². The number of hydrogen-bond donors (Lipinski definition) is 1. The summed E-state index contributed by atoms with van der Waals surface area (Å²) < 4.78 is 6.19. The van der Waals surface area contributed by atoms with E-state index in [4.69, 9.17) is 4.74 Å². The molecule has 3 aromatic rings. The second kappa shape index (κ2) is 5.82. The molecule has 1 amide bonds. The van der Waals surface area contributed by atoms with Crippen LogP contribution in [0.2, 0.25) is 0 Å². The summed E-state index contributed by atoms with van der Waals surface area (Å²) in [5.41, 5.74) is 0.752. The minimum Gasteiger partial charge on any atom is -0.497 e. The Kier molecular flexibility index (Phi) is 3.66. The van der Waals surface area contributed by atoms with Gasteiger partial charge >= 0.3 is 0 Å². The number of carbonyl (C=O) groups is 1. The summed E-state index contributed by atoms with van der Waals surface area (Å²) in [6, 6.07) is 9.23. The number of thiazole rings is 1. The molecular weight excluding hydrogens is 330 g/mol. The highest BCUT2D eigenvalue weighted by molar-refractivity contribution is 7.29. The molecule has 0 aliphatic carbocycles. The highest BCUT2D eigenvalue weighted by Crippen LogP contribution is 2.36. The van der Waals surface area contributed by atoms with Crippen LogP contribution in [0.15, 0.2) is 30.3 Å². The Labute approximate surface area is 141 Å². The largest absolute Gasteiger partial charge is 0.497 e. The molecule has 0 radical (unpaired) electrons. The van der Waals surface area contributed by atoms with Crippen molar-refractivity contribution in [3.8, 4) is 5.75 Å². The van der Waals surface area contributed by atoms with E-state index < -0.39 is 0 Å². The molecule has 2 aromatic heterocycles. The van der Waals surface area contributed by atoms with E-state index in [1.807, 2.05) is 30.3 Å². The molecule has 5 nitrogen and oxygen atoms in total. The summed E-state index contributed by atoms with van der Waals surface area (Å²) in [4.78, 5) is 20.9. The van der Waals surface area contributed by atoms with Gasteiger partial charge in [0.15, 0.2) is 5.13 Å². The van der Waals surface area contributed by atoms with Crippen LogP contribution >= 0.6 is 22.7 Å². The molecule has 4 rings (SSSR count). The normalized spacial score (nSPS) is 13.9. The van der Waals surface area contributed by atoms with Crippen LogP contribution in [0.25, 0.3) is 9.53 Å². The summed E-state index contributed by atoms with van der Waals surface area (Å²) in [7, 11) is 1.62. The van der Waals surface area contributed by atoms with E-state index >= 15 is 0 Å². The zero-order valence-electron chi connectivity index (χ0n) is 12.5. The third kappa shape index (κ3) is 2.77. The number of fused-ring (bicyclic) bond motifs is 1. The number of carbonyl (C=O) groups excluding carboxylic acids is 1. The van der Waals surface area contributed by atoms with E-state index in [1.165, 1.54) is 17.8 Å². The lowest BCUT2D eigenvalue weighted by atomic mass is 10.2. The SMILES string of the molecule is COc1ccc(NC(=O)c2cc3sc(N4CCC4)nc3s2)cc1. The van der Waals surface area contributed by atoms with Gasteiger partial charge in [-0.05, 0) is 36.8 Å². The van der Waals surface area contributed by atoms with Gasteiger partial charge < -0.3 is 15.0 Å². The molecular formula is C16H15N3O2S2. The predicted molar refractivity (Wildman–Crippen MR) is 95.3 cm³/mol. The molecule has 0 atom stereocenters. The molecule has 1 fully saturated rings. The third-order valence-electron chi connectivity index (χ3n) is 3.78. The van der Waals surface area contributed by atoms with Crippen LogP contribution in [0.3, 0.4) is 0 Å². The monoisotopic (exact) mass is 345 g/mol. The number of ether oxygens (including phenoxy) is 1. The number of methoxy groups -OCH3 is 1. The van der Waals surface area contributed by atoms with Crippen LogP contribution in [-0.4, -0.2) is 31.1 Å². The van der Waals surface area contributed by atoms with E-state index in [1.54, 1.807) is 18.4 Å². The van der Waals surface area contributed by atoms with Crippen molar-refractivity contribution in [2.75, 3.05) is 30.4 Å². The van der Waals surface area contributed by atoms with Gasteiger partial charge in [0.1, 0.15) is 10.6 Å². The van der Waals surface area contributed by atoms with Gasteiger partial charge in [0, 0.05) is 18.8 Å². The van der Waals surface area contributed by atoms with Gasteiger partial charge in [-0.3, -0.25) is 4.79 Å². The molecule has 0 spiro atoms. The predicted octanol–water partition coefficient (Wildman–Crippen LogP) is 3.83. The fraction of sp³-hybridized carbons (Fsp3) is 0.250. The van der Waals surface area contributed by atoms with Gasteiger partial charge in [-0.15, -0.1) is 11.3 Å². The zero-order valence-corrected chi connectivity index (χ0v) is 14.2. The molecule has 23 heavy (non-hydrogen) atoms. The average Bonchev–Trinajstić information content (AvgIpc) is 3.05. The van der Waals surface area contributed by atoms with Crippen molar-refractivity contribution in [1.82, 2.24) is 4.98 Å². The van der Waals surface area contributed by atoms with E-state index in [2.05, 4.69) is 15.2 Å². The fourth-order valence-corrected chi connectivity index (χ4v) is 4.50. The number of nitrogens with zero attached hydrogens (tertiary/aromatic N) is 2. The van der Waals surface area contributed by atoms with Crippen molar-refractivity contribution in [2.45, 2.75) is 6.42 Å². The average molecular weight is 345 g/mol. The van der Waals surface area contributed by atoms with Crippen molar-refractivity contribution in [1.29, 1.82) is 0 Å². The lowest BCUT2D eigenvalue weighted by Crippen LogP contribution is -2.36. The first-order valence-corrected chi connectivity index (χ1v) is 8.97. The Hall–Kier alpha value is -2.12. The van der Waals surface area contributed by atoms with Gasteiger partial charge in [0.25, 0.3) is 5.91 Å². The van der Waals surface area contributed by atoms with Crippen LogP contribution in [0.5, 0.6) is 5.75 Å². The molecule has 1 saturated heterocycles. The smallest absolute Gasteiger partial charge is 0.265 e. The van der Waals surface area contributed by atoms with Gasteiger partial charge in [-0.2, -0.15) is 0 Å². The Bertz CT molecular complexity index is 818. The van der Waals surface area contributed by atoms with E-state index in [0.717, 1.165) is 39.2 Å². The van der Waals surface area contributed by atoms with E-state index in [9.17, 15) is 4.79 Å². The van der Waals surface area contributed by atoms with Crippen LogP contribution in [0.1, 0.15) is 16.1 Å². The Morgan fingerprint density at radius 2 is 2.04 bits per heavy atom. The molecule has 1 aliphatic heterocycles. The lowest BCUT2D eigenvalue weighted by Gasteiger charge is -2.30. The van der Waals surface area contributed by atoms with Gasteiger partial charge in [-0.1, -0.05) is 11.3 Å². The Balaban J connectivity index is 1.50. The van der Waals surface area contributed by atoms with Crippen LogP contribution in [0, 0.1) is 0 Å². The molecule has 0 unspecified atom stereocenters. The number of benzene rings is 1. The molecule has 1 N–H and O–H groups in total. The Morgan fingerprint density at radius 1 is 1.26 bits per heavy atom. The lowest BCUT2D eigenvalue weighted by molar-refractivity contribution is 0.103. The van der Waals surface area contributed by atoms with Crippen LogP contribution in [0.4, 0.5) is 10.8 Å². The number of aromatic nitrogens is 1. The van der Waals surface area contributed by atoms with E-state index in [0.29, 0.717) is 4.88 Å². The number of nitrogens with one attached hydrogen (secondary N) is 1. The summed E-state index contributed by atoms with van der Waals surface area (Å²) >= 11 is 3.10. The Morgan fingerprint density at radius 3 is 2.65 bits per heavy atom. The topological polar surface area (TPSA) is 54.5 Å². The summed E-state index contributed by atoms with van der Waals surface area (Å²) in [6.45, 7) is 2.18. The van der Waals surface area contributed by atoms with Gasteiger partial charge in [0.05, 0.1) is 16.7 Å². The van der Waals surface area contributed by atoms with Gasteiger partial charge in [0.2, 0.25) is 0 Å². The maximum Gasteiger partial charge on any atom is 0.265 e. The standard InChI is InChI=1S/C16H15N3O2S2/c1-21-11-5-3-10(4-6-11)17-14(20)12-9-13-15(22-12)18-16(23-13)19-7-2-8-19/h3-6,9H,2,7-8H2,1H3,(H,17,20). The minimum atomic E-state index is -0.101. The van der Waals surface area contributed by atoms with Crippen molar-refractivity contribution in [3.63, 3.8) is 0 Å². The van der Waals surface area contributed by atoms with Crippen LogP contribution < -0.4 is 15.0 Å². The number of hydrogen-bond acceptors (Lipinski definition) is 6. The first kappa shape index (κ1) is 14.5. The third-order valence-corrected chi connectivity index (χ3v) is 6.00. The minimum absolute atomic E-state index is 0.101. The first-order chi connectivity index (χ1) is 11.2. The molecule has 0 bridgehead atoms. The van der Waals surface area contributed by atoms with Crippen molar-refractivity contribution < 1.29 is 9.53 Å². The van der Waals surface area contributed by atoms with Crippen molar-refractivity contribution in [2.24, 2.45) is 0 Å². The van der Waals surface area contributed by atoms with Crippen molar-refractivity contribution >= 4 is 48.9 Å². The summed E-state index contributed by atoms with van der Waals surface area (Å²) in [6.07, 6.45) is 1.24. The number of rotatable bonds is 4. The zero-order chi connectivity index (χ0) is 15.8. The number of amides is 1. The summed E-state index contributed by atoms with van der Waals surface area (Å²) in [5, 5.41) is 3.97. The molecule has 1 aromatic carbocycles. The number of thiophene rings is 1. The molecule has 118 valence electrons. The highest BCUT2D eigenvalue weighted by atomic mass is 32.1. The molecule has 3 heterocycles.